The van der Waals surface area contributed by atoms with Crippen LogP contribution in [0.3, 0.4) is 0 Å². The zero-order valence-electron chi connectivity index (χ0n) is 15.0. The number of benzene rings is 2. The van der Waals surface area contributed by atoms with E-state index >= 15 is 0 Å². The lowest BCUT2D eigenvalue weighted by Gasteiger charge is -2.11. The summed E-state index contributed by atoms with van der Waals surface area (Å²) >= 11 is 0. The van der Waals surface area contributed by atoms with Crippen LogP contribution < -0.4 is 10.6 Å². The molecule has 0 atom stereocenters. The first-order valence-corrected chi connectivity index (χ1v) is 8.62. The molecular formula is C20H17F3N4O. The highest BCUT2D eigenvalue weighted by Gasteiger charge is 2.18. The maximum Gasteiger partial charge on any atom is 0.274 e. The zero-order chi connectivity index (χ0) is 20.1. The summed E-state index contributed by atoms with van der Waals surface area (Å²) in [4.78, 5) is 21.2. The van der Waals surface area contributed by atoms with Gasteiger partial charge in [0.25, 0.3) is 5.91 Å². The number of halogens is 3. The molecule has 1 aromatic heterocycles. The van der Waals surface area contributed by atoms with Gasteiger partial charge in [-0.25, -0.2) is 23.1 Å². The van der Waals surface area contributed by atoms with Gasteiger partial charge in [0.15, 0.2) is 23.3 Å². The topological polar surface area (TPSA) is 66.9 Å². The van der Waals surface area contributed by atoms with E-state index in [1.54, 1.807) is 24.3 Å². The smallest absolute Gasteiger partial charge is 0.274 e. The van der Waals surface area contributed by atoms with Crippen LogP contribution in [0.1, 0.15) is 23.8 Å². The second kappa shape index (κ2) is 8.51. The van der Waals surface area contributed by atoms with Crippen molar-refractivity contribution in [2.45, 2.75) is 13.3 Å². The largest absolute Gasteiger partial charge is 0.370 e. The maximum absolute atomic E-state index is 13.9. The van der Waals surface area contributed by atoms with Gasteiger partial charge in [-0.1, -0.05) is 37.3 Å². The van der Waals surface area contributed by atoms with E-state index in [0.717, 1.165) is 18.6 Å². The molecule has 3 aromatic rings. The standard InChI is InChI=1S/C20H17F3N4O/c1-2-10-24-16-11-15(25-19(27-16)12-6-4-3-5-7-12)20(28)26-14-9-8-13(21)17(22)18(14)23/h3-9,11H,2,10H2,1H3,(H,26,28)(H,24,25,27). The first-order valence-electron chi connectivity index (χ1n) is 8.62. The van der Waals surface area contributed by atoms with E-state index in [1.165, 1.54) is 6.07 Å². The molecule has 28 heavy (non-hydrogen) atoms. The summed E-state index contributed by atoms with van der Waals surface area (Å²) in [5, 5.41) is 5.29. The number of nitrogens with one attached hydrogen (secondary N) is 2. The molecule has 144 valence electrons. The predicted octanol–water partition coefficient (Wildman–Crippen LogP) is 4.64. The van der Waals surface area contributed by atoms with Crippen molar-refractivity contribution in [1.29, 1.82) is 0 Å². The SMILES string of the molecule is CCCNc1cc(C(=O)Nc2ccc(F)c(F)c2F)nc(-c2ccccc2)n1. The molecule has 2 aromatic carbocycles. The summed E-state index contributed by atoms with van der Waals surface area (Å²) in [7, 11) is 0. The molecule has 0 spiro atoms. The van der Waals surface area contributed by atoms with Crippen LogP contribution in [-0.2, 0) is 0 Å². The summed E-state index contributed by atoms with van der Waals surface area (Å²) in [6.45, 7) is 2.61. The highest BCUT2D eigenvalue weighted by atomic mass is 19.2. The van der Waals surface area contributed by atoms with E-state index in [0.29, 0.717) is 23.8 Å². The maximum atomic E-state index is 13.9. The molecule has 0 radical (unpaired) electrons. The third-order valence-electron chi connectivity index (χ3n) is 3.83. The Kier molecular flexibility index (Phi) is 5.88. The summed E-state index contributed by atoms with van der Waals surface area (Å²) in [5.41, 5.74) is 0.166. The number of anilines is 2. The Morgan fingerprint density at radius 3 is 2.46 bits per heavy atom. The Morgan fingerprint density at radius 1 is 1.00 bits per heavy atom. The van der Waals surface area contributed by atoms with Crippen molar-refractivity contribution in [1.82, 2.24) is 9.97 Å². The number of hydrogen-bond donors (Lipinski definition) is 2. The van der Waals surface area contributed by atoms with E-state index < -0.39 is 29.0 Å². The van der Waals surface area contributed by atoms with Gasteiger partial charge in [0.1, 0.15) is 11.5 Å². The Hall–Kier alpha value is -3.42. The second-order valence-corrected chi connectivity index (χ2v) is 5.93. The number of aromatic nitrogens is 2. The molecule has 5 nitrogen and oxygen atoms in total. The molecule has 0 fully saturated rings. The molecule has 3 rings (SSSR count). The van der Waals surface area contributed by atoms with E-state index in [4.69, 9.17) is 0 Å². The van der Waals surface area contributed by atoms with Crippen LogP contribution in [-0.4, -0.2) is 22.4 Å². The minimum Gasteiger partial charge on any atom is -0.370 e. The third kappa shape index (κ3) is 4.28. The van der Waals surface area contributed by atoms with Crippen molar-refractivity contribution in [3.8, 4) is 11.4 Å². The van der Waals surface area contributed by atoms with Crippen LogP contribution in [0.15, 0.2) is 48.5 Å². The van der Waals surface area contributed by atoms with Crippen molar-refractivity contribution in [3.05, 3.63) is 71.7 Å². The van der Waals surface area contributed by atoms with Crippen molar-refractivity contribution in [3.63, 3.8) is 0 Å². The van der Waals surface area contributed by atoms with Crippen molar-refractivity contribution in [2.75, 3.05) is 17.2 Å². The van der Waals surface area contributed by atoms with E-state index in [9.17, 15) is 18.0 Å². The fourth-order valence-electron chi connectivity index (χ4n) is 2.43. The van der Waals surface area contributed by atoms with Gasteiger partial charge in [-0.15, -0.1) is 0 Å². The number of carbonyl (C=O) groups excluding carboxylic acids is 1. The Balaban J connectivity index is 1.95. The van der Waals surface area contributed by atoms with Gasteiger partial charge in [-0.3, -0.25) is 4.79 Å². The van der Waals surface area contributed by atoms with Crippen molar-refractivity contribution < 1.29 is 18.0 Å². The van der Waals surface area contributed by atoms with Crippen LogP contribution in [0.5, 0.6) is 0 Å². The number of rotatable bonds is 6. The molecule has 1 amide bonds. The van der Waals surface area contributed by atoms with Crippen molar-refractivity contribution >= 4 is 17.4 Å². The number of amides is 1. The van der Waals surface area contributed by atoms with Gasteiger partial charge in [0.05, 0.1) is 5.69 Å². The van der Waals surface area contributed by atoms with Gasteiger partial charge in [0.2, 0.25) is 0 Å². The summed E-state index contributed by atoms with van der Waals surface area (Å²) in [6.07, 6.45) is 0.840. The lowest BCUT2D eigenvalue weighted by atomic mass is 10.2. The average Bonchev–Trinajstić information content (AvgIpc) is 2.73. The van der Waals surface area contributed by atoms with Crippen LogP contribution in [0, 0.1) is 17.5 Å². The molecular weight excluding hydrogens is 369 g/mol. The molecule has 8 heteroatoms. The summed E-state index contributed by atoms with van der Waals surface area (Å²) in [6, 6.07) is 12.1. The molecule has 0 aliphatic carbocycles. The number of carbonyl (C=O) groups is 1. The van der Waals surface area contributed by atoms with E-state index in [1.807, 2.05) is 13.0 Å². The zero-order valence-corrected chi connectivity index (χ0v) is 15.0. The molecule has 0 bridgehead atoms. The van der Waals surface area contributed by atoms with Gasteiger partial charge < -0.3 is 10.6 Å². The molecule has 2 N–H and O–H groups in total. The van der Waals surface area contributed by atoms with Crippen molar-refractivity contribution in [2.24, 2.45) is 0 Å². The number of hydrogen-bond acceptors (Lipinski definition) is 4. The molecule has 0 saturated heterocycles. The Labute approximate surface area is 159 Å². The van der Waals surface area contributed by atoms with Gasteiger partial charge in [-0.05, 0) is 18.6 Å². The Morgan fingerprint density at radius 2 is 1.75 bits per heavy atom. The lowest BCUT2D eigenvalue weighted by molar-refractivity contribution is 0.102. The predicted molar refractivity (Wildman–Crippen MR) is 101 cm³/mol. The molecule has 0 unspecified atom stereocenters. The molecule has 0 saturated carbocycles. The van der Waals surface area contributed by atoms with Gasteiger partial charge in [0, 0.05) is 18.2 Å². The van der Waals surface area contributed by atoms with E-state index in [-0.39, 0.29) is 5.69 Å². The third-order valence-corrected chi connectivity index (χ3v) is 3.83. The monoisotopic (exact) mass is 386 g/mol. The minimum absolute atomic E-state index is 0.0448. The van der Waals surface area contributed by atoms with Crippen LogP contribution in [0.2, 0.25) is 0 Å². The van der Waals surface area contributed by atoms with E-state index in [2.05, 4.69) is 20.6 Å². The molecule has 1 heterocycles. The van der Waals surface area contributed by atoms with Gasteiger partial charge >= 0.3 is 0 Å². The highest BCUT2D eigenvalue weighted by molar-refractivity contribution is 6.03. The fraction of sp³-hybridized carbons (Fsp3) is 0.150. The fourth-order valence-corrected chi connectivity index (χ4v) is 2.43. The normalized spacial score (nSPS) is 10.6. The second-order valence-electron chi connectivity index (χ2n) is 5.93. The van der Waals surface area contributed by atoms with Crippen LogP contribution in [0.25, 0.3) is 11.4 Å². The average molecular weight is 386 g/mol. The minimum atomic E-state index is -1.66. The summed E-state index contributed by atoms with van der Waals surface area (Å²) < 4.78 is 40.3. The molecule has 0 aliphatic heterocycles. The van der Waals surface area contributed by atoms with Crippen LogP contribution >= 0.6 is 0 Å². The Bertz CT molecular complexity index is 996. The van der Waals surface area contributed by atoms with Crippen LogP contribution in [0.4, 0.5) is 24.7 Å². The van der Waals surface area contributed by atoms with Gasteiger partial charge in [-0.2, -0.15) is 0 Å². The first-order chi connectivity index (χ1) is 13.5. The first kappa shape index (κ1) is 19.3. The highest BCUT2D eigenvalue weighted by Crippen LogP contribution is 2.22. The quantitative estimate of drug-likeness (QED) is 0.606. The lowest BCUT2D eigenvalue weighted by Crippen LogP contribution is -2.17. The molecule has 0 aliphatic rings. The summed E-state index contributed by atoms with van der Waals surface area (Å²) in [5.74, 6) is -4.52. The number of nitrogens with zero attached hydrogens (tertiary/aromatic N) is 2.